The van der Waals surface area contributed by atoms with Gasteiger partial charge in [0.15, 0.2) is 0 Å². The average molecular weight is 394 g/mol. The molecule has 4 rings (SSSR count). The molecule has 29 heavy (non-hydrogen) atoms. The summed E-state index contributed by atoms with van der Waals surface area (Å²) < 4.78 is 13.5. The maximum Gasteiger partial charge on any atom is 0.250 e. The predicted molar refractivity (Wildman–Crippen MR) is 110 cm³/mol. The SMILES string of the molecule is CC(=O)NC1(C(=O)Nc2ccc3nc(-c4cccc(F)c4)[nH]c3c2)CCCCC1. The molecule has 0 atom stereocenters. The van der Waals surface area contributed by atoms with E-state index in [1.54, 1.807) is 30.3 Å². The Morgan fingerprint density at radius 3 is 2.62 bits per heavy atom. The quantitative estimate of drug-likeness (QED) is 0.621. The van der Waals surface area contributed by atoms with Gasteiger partial charge in [-0.25, -0.2) is 9.37 Å². The van der Waals surface area contributed by atoms with E-state index in [0.29, 0.717) is 29.9 Å². The zero-order chi connectivity index (χ0) is 20.4. The van der Waals surface area contributed by atoms with Crippen LogP contribution in [0.15, 0.2) is 42.5 Å². The van der Waals surface area contributed by atoms with Crippen LogP contribution in [0.1, 0.15) is 39.0 Å². The molecule has 1 heterocycles. The van der Waals surface area contributed by atoms with Gasteiger partial charge in [-0.3, -0.25) is 9.59 Å². The molecule has 1 aliphatic rings. The van der Waals surface area contributed by atoms with Crippen LogP contribution in [0.5, 0.6) is 0 Å². The minimum Gasteiger partial charge on any atom is -0.342 e. The van der Waals surface area contributed by atoms with Gasteiger partial charge in [-0.05, 0) is 43.2 Å². The lowest BCUT2D eigenvalue weighted by atomic mass is 9.80. The van der Waals surface area contributed by atoms with Crippen molar-refractivity contribution >= 4 is 28.5 Å². The van der Waals surface area contributed by atoms with E-state index in [0.717, 1.165) is 30.3 Å². The first-order chi connectivity index (χ1) is 13.9. The number of amides is 2. The number of aromatic amines is 1. The molecule has 0 saturated heterocycles. The monoisotopic (exact) mass is 394 g/mol. The molecule has 3 N–H and O–H groups in total. The molecule has 0 spiro atoms. The maximum atomic E-state index is 13.5. The lowest BCUT2D eigenvalue weighted by Gasteiger charge is -2.36. The Kier molecular flexibility index (Phi) is 5.05. The van der Waals surface area contributed by atoms with Crippen LogP contribution in [0.2, 0.25) is 0 Å². The highest BCUT2D eigenvalue weighted by atomic mass is 19.1. The number of halogens is 1. The predicted octanol–water partition coefficient (Wildman–Crippen LogP) is 4.15. The standard InChI is InChI=1S/C22H23FN4O2/c1-14(28)27-22(10-3-2-4-11-22)21(29)24-17-8-9-18-19(13-17)26-20(25-18)15-6-5-7-16(23)12-15/h5-9,12-13H,2-4,10-11H2,1H3,(H,24,29)(H,25,26)(H,27,28). The fourth-order valence-corrected chi connectivity index (χ4v) is 4.01. The number of hydrogen-bond acceptors (Lipinski definition) is 3. The number of carbonyl (C=O) groups excluding carboxylic acids is 2. The van der Waals surface area contributed by atoms with Gasteiger partial charge in [-0.15, -0.1) is 0 Å². The van der Waals surface area contributed by atoms with Crippen molar-refractivity contribution in [2.24, 2.45) is 0 Å². The molecular weight excluding hydrogens is 371 g/mol. The smallest absolute Gasteiger partial charge is 0.250 e. The number of nitrogens with one attached hydrogen (secondary N) is 3. The second-order valence-corrected chi connectivity index (χ2v) is 7.61. The molecule has 0 radical (unpaired) electrons. The Balaban J connectivity index is 1.59. The van der Waals surface area contributed by atoms with Crippen LogP contribution < -0.4 is 10.6 Å². The highest BCUT2D eigenvalue weighted by Gasteiger charge is 2.40. The van der Waals surface area contributed by atoms with Crippen molar-refractivity contribution in [3.05, 3.63) is 48.3 Å². The van der Waals surface area contributed by atoms with Crippen molar-refractivity contribution in [3.8, 4) is 11.4 Å². The second-order valence-electron chi connectivity index (χ2n) is 7.61. The van der Waals surface area contributed by atoms with Gasteiger partial charge >= 0.3 is 0 Å². The summed E-state index contributed by atoms with van der Waals surface area (Å²) in [5.74, 6) is -0.168. The van der Waals surface area contributed by atoms with E-state index < -0.39 is 5.54 Å². The van der Waals surface area contributed by atoms with Crippen LogP contribution >= 0.6 is 0 Å². The molecule has 7 heteroatoms. The van der Waals surface area contributed by atoms with Crippen LogP contribution in [0.25, 0.3) is 22.4 Å². The maximum absolute atomic E-state index is 13.5. The van der Waals surface area contributed by atoms with Crippen LogP contribution in [0.3, 0.4) is 0 Å². The third-order valence-electron chi connectivity index (χ3n) is 5.39. The topological polar surface area (TPSA) is 86.9 Å². The summed E-state index contributed by atoms with van der Waals surface area (Å²) in [5.41, 5.74) is 1.86. The summed E-state index contributed by atoms with van der Waals surface area (Å²) >= 11 is 0. The lowest BCUT2D eigenvalue weighted by Crippen LogP contribution is -2.57. The van der Waals surface area contributed by atoms with E-state index in [4.69, 9.17) is 0 Å². The van der Waals surface area contributed by atoms with Crippen LogP contribution in [-0.2, 0) is 9.59 Å². The minimum atomic E-state index is -0.861. The number of benzene rings is 2. The zero-order valence-corrected chi connectivity index (χ0v) is 16.2. The highest BCUT2D eigenvalue weighted by molar-refractivity contribution is 6.01. The van der Waals surface area contributed by atoms with Gasteiger partial charge in [0, 0.05) is 18.2 Å². The molecule has 1 saturated carbocycles. The average Bonchev–Trinajstić information content (AvgIpc) is 3.11. The van der Waals surface area contributed by atoms with E-state index >= 15 is 0 Å². The minimum absolute atomic E-state index is 0.198. The van der Waals surface area contributed by atoms with Crippen molar-refractivity contribution in [1.82, 2.24) is 15.3 Å². The number of nitrogens with zero attached hydrogens (tertiary/aromatic N) is 1. The third-order valence-corrected chi connectivity index (χ3v) is 5.39. The summed E-state index contributed by atoms with van der Waals surface area (Å²) in [7, 11) is 0. The fraction of sp³-hybridized carbons (Fsp3) is 0.318. The van der Waals surface area contributed by atoms with Gasteiger partial charge in [-0.2, -0.15) is 0 Å². The molecule has 1 aromatic heterocycles. The first-order valence-electron chi connectivity index (χ1n) is 9.81. The number of hydrogen-bond donors (Lipinski definition) is 3. The normalized spacial score (nSPS) is 15.8. The van der Waals surface area contributed by atoms with Crippen molar-refractivity contribution < 1.29 is 14.0 Å². The number of H-pyrrole nitrogens is 1. The highest BCUT2D eigenvalue weighted by Crippen LogP contribution is 2.30. The summed E-state index contributed by atoms with van der Waals surface area (Å²) in [5, 5.41) is 5.82. The van der Waals surface area contributed by atoms with Gasteiger partial charge in [0.2, 0.25) is 11.8 Å². The largest absolute Gasteiger partial charge is 0.342 e. The Morgan fingerprint density at radius 1 is 1.10 bits per heavy atom. The number of fused-ring (bicyclic) bond motifs is 1. The second kappa shape index (κ2) is 7.66. The van der Waals surface area contributed by atoms with Gasteiger partial charge in [0.25, 0.3) is 0 Å². The van der Waals surface area contributed by atoms with Crippen LogP contribution in [0, 0.1) is 5.82 Å². The number of carbonyl (C=O) groups is 2. The van der Waals surface area contributed by atoms with Gasteiger partial charge in [0.05, 0.1) is 11.0 Å². The van der Waals surface area contributed by atoms with Crippen molar-refractivity contribution in [2.75, 3.05) is 5.32 Å². The van der Waals surface area contributed by atoms with E-state index in [1.165, 1.54) is 19.1 Å². The number of aromatic nitrogens is 2. The molecule has 1 fully saturated rings. The number of imidazole rings is 1. The van der Waals surface area contributed by atoms with Gasteiger partial charge in [-0.1, -0.05) is 31.4 Å². The van der Waals surface area contributed by atoms with E-state index in [9.17, 15) is 14.0 Å². The van der Waals surface area contributed by atoms with E-state index in [2.05, 4.69) is 20.6 Å². The molecule has 6 nitrogen and oxygen atoms in total. The molecule has 0 bridgehead atoms. The summed E-state index contributed by atoms with van der Waals surface area (Å²) in [6.45, 7) is 1.44. The molecule has 2 amide bonds. The summed E-state index contributed by atoms with van der Waals surface area (Å²) in [6.07, 6.45) is 4.15. The van der Waals surface area contributed by atoms with Crippen molar-refractivity contribution in [2.45, 2.75) is 44.6 Å². The molecule has 3 aromatic rings. The Hall–Kier alpha value is -3.22. The van der Waals surface area contributed by atoms with Crippen LogP contribution in [0.4, 0.5) is 10.1 Å². The number of rotatable bonds is 4. The Bertz CT molecular complexity index is 1070. The molecule has 1 aliphatic carbocycles. The molecular formula is C22H23FN4O2. The summed E-state index contributed by atoms with van der Waals surface area (Å²) in [4.78, 5) is 32.4. The molecule has 0 unspecified atom stereocenters. The zero-order valence-electron chi connectivity index (χ0n) is 16.2. The molecule has 2 aromatic carbocycles. The van der Waals surface area contributed by atoms with Crippen molar-refractivity contribution in [3.63, 3.8) is 0 Å². The third kappa shape index (κ3) is 3.99. The lowest BCUT2D eigenvalue weighted by molar-refractivity contribution is -0.130. The van der Waals surface area contributed by atoms with Gasteiger partial charge < -0.3 is 15.6 Å². The van der Waals surface area contributed by atoms with E-state index in [1.807, 2.05) is 0 Å². The van der Waals surface area contributed by atoms with E-state index in [-0.39, 0.29) is 17.6 Å². The first-order valence-corrected chi connectivity index (χ1v) is 9.81. The van der Waals surface area contributed by atoms with Crippen LogP contribution in [-0.4, -0.2) is 27.3 Å². The number of anilines is 1. The Labute approximate surface area is 167 Å². The first kappa shape index (κ1) is 19.1. The van der Waals surface area contributed by atoms with Gasteiger partial charge in [0.1, 0.15) is 17.2 Å². The fourth-order valence-electron chi connectivity index (χ4n) is 4.01. The summed E-state index contributed by atoms with van der Waals surface area (Å²) in [6, 6.07) is 11.6. The Morgan fingerprint density at radius 2 is 1.90 bits per heavy atom. The molecule has 0 aliphatic heterocycles. The van der Waals surface area contributed by atoms with Crippen molar-refractivity contribution in [1.29, 1.82) is 0 Å². The molecule has 150 valence electrons.